The minimum atomic E-state index is -0.0562. The molecular weight excluding hydrogens is 428 g/mol. The Bertz CT molecular complexity index is 1120. The van der Waals surface area contributed by atoms with E-state index in [0.717, 1.165) is 43.2 Å². The third kappa shape index (κ3) is 5.53. The molecule has 0 bridgehead atoms. The monoisotopic (exact) mass is 464 g/mol. The number of nitrogens with zero attached hydrogens (tertiary/aromatic N) is 4. The molecule has 1 amide bonds. The van der Waals surface area contributed by atoms with Crippen LogP contribution >= 0.6 is 0 Å². The fourth-order valence-electron chi connectivity index (χ4n) is 4.34. The fraction of sp³-hybridized carbons (Fsp3) is 0.481. The standard InChI is InChI=1S/C27H36N4O3/c1-6-31-17-22(21(5)28-31)16-29-11-13-30(14-12-29)27(32)25-10-8-23(34-25)18-33-26-15-20(4)7-9-24(26)19(2)3/h7-10,15,17,19H,6,11-14,16,18H2,1-5H3. The van der Waals surface area contributed by atoms with E-state index in [0.29, 0.717) is 37.1 Å². The third-order valence-electron chi connectivity index (χ3n) is 6.46. The van der Waals surface area contributed by atoms with Gasteiger partial charge in [0.2, 0.25) is 0 Å². The Hall–Kier alpha value is -3.06. The van der Waals surface area contributed by atoms with E-state index in [2.05, 4.69) is 69.0 Å². The largest absolute Gasteiger partial charge is 0.485 e. The molecule has 1 saturated heterocycles. The van der Waals surface area contributed by atoms with Crippen LogP contribution in [-0.4, -0.2) is 51.7 Å². The zero-order valence-corrected chi connectivity index (χ0v) is 21.0. The number of aryl methyl sites for hydroxylation is 3. The zero-order valence-electron chi connectivity index (χ0n) is 21.0. The second-order valence-corrected chi connectivity index (χ2v) is 9.41. The molecule has 1 aliphatic rings. The highest BCUT2D eigenvalue weighted by molar-refractivity contribution is 5.91. The highest BCUT2D eigenvalue weighted by Crippen LogP contribution is 2.28. The van der Waals surface area contributed by atoms with Gasteiger partial charge in [-0.25, -0.2) is 0 Å². The molecule has 3 heterocycles. The molecule has 182 valence electrons. The van der Waals surface area contributed by atoms with Gasteiger partial charge in [-0.2, -0.15) is 5.10 Å². The van der Waals surface area contributed by atoms with Gasteiger partial charge < -0.3 is 14.1 Å². The molecule has 0 unspecified atom stereocenters. The van der Waals surface area contributed by atoms with Gasteiger partial charge in [-0.3, -0.25) is 14.4 Å². The predicted molar refractivity (Wildman–Crippen MR) is 132 cm³/mol. The highest BCUT2D eigenvalue weighted by atomic mass is 16.5. The van der Waals surface area contributed by atoms with Crippen LogP contribution < -0.4 is 4.74 Å². The number of rotatable bonds is 8. The molecular formula is C27H36N4O3. The van der Waals surface area contributed by atoms with Crippen molar-refractivity contribution in [3.05, 3.63) is 70.4 Å². The van der Waals surface area contributed by atoms with Crippen molar-refractivity contribution in [2.45, 2.75) is 60.2 Å². The molecule has 0 atom stereocenters. The summed E-state index contributed by atoms with van der Waals surface area (Å²) in [7, 11) is 0. The maximum Gasteiger partial charge on any atom is 0.289 e. The Kier molecular flexibility index (Phi) is 7.41. The molecule has 1 fully saturated rings. The summed E-state index contributed by atoms with van der Waals surface area (Å²) in [4.78, 5) is 17.2. The summed E-state index contributed by atoms with van der Waals surface area (Å²) in [5.41, 5.74) is 4.66. The summed E-state index contributed by atoms with van der Waals surface area (Å²) < 4.78 is 13.9. The number of carbonyl (C=O) groups excluding carboxylic acids is 1. The second-order valence-electron chi connectivity index (χ2n) is 9.41. The minimum Gasteiger partial charge on any atom is -0.485 e. The van der Waals surface area contributed by atoms with Crippen molar-refractivity contribution in [3.8, 4) is 5.75 Å². The van der Waals surface area contributed by atoms with E-state index in [9.17, 15) is 4.79 Å². The lowest BCUT2D eigenvalue weighted by Gasteiger charge is -2.34. The predicted octanol–water partition coefficient (Wildman–Crippen LogP) is 4.77. The molecule has 34 heavy (non-hydrogen) atoms. The normalized spacial score (nSPS) is 14.7. The van der Waals surface area contributed by atoms with Crippen molar-refractivity contribution >= 4 is 5.91 Å². The number of benzene rings is 1. The van der Waals surface area contributed by atoms with Crippen LogP contribution in [0.5, 0.6) is 5.75 Å². The molecule has 7 heteroatoms. The van der Waals surface area contributed by atoms with E-state index in [1.54, 1.807) is 6.07 Å². The maximum absolute atomic E-state index is 13.0. The van der Waals surface area contributed by atoms with Crippen molar-refractivity contribution in [2.24, 2.45) is 0 Å². The van der Waals surface area contributed by atoms with Gasteiger partial charge >= 0.3 is 0 Å². The Balaban J connectivity index is 1.31. The van der Waals surface area contributed by atoms with Crippen molar-refractivity contribution in [3.63, 3.8) is 0 Å². The number of ether oxygens (including phenoxy) is 1. The van der Waals surface area contributed by atoms with E-state index in [1.165, 1.54) is 11.1 Å². The zero-order chi connectivity index (χ0) is 24.2. The van der Waals surface area contributed by atoms with E-state index in [4.69, 9.17) is 9.15 Å². The summed E-state index contributed by atoms with van der Waals surface area (Å²) in [5, 5.41) is 4.53. The van der Waals surface area contributed by atoms with E-state index >= 15 is 0 Å². The van der Waals surface area contributed by atoms with Crippen LogP contribution in [0.15, 0.2) is 40.9 Å². The Morgan fingerprint density at radius 3 is 2.56 bits per heavy atom. The lowest BCUT2D eigenvalue weighted by molar-refractivity contribution is 0.0594. The lowest BCUT2D eigenvalue weighted by atomic mass is 10.0. The van der Waals surface area contributed by atoms with Crippen molar-refractivity contribution < 1.29 is 13.9 Å². The quantitative estimate of drug-likeness (QED) is 0.480. The number of hydrogen-bond donors (Lipinski definition) is 0. The van der Waals surface area contributed by atoms with Gasteiger partial charge in [-0.05, 0) is 56.0 Å². The smallest absolute Gasteiger partial charge is 0.289 e. The SMILES string of the molecule is CCn1cc(CN2CCN(C(=O)c3ccc(COc4cc(C)ccc4C(C)C)o3)CC2)c(C)n1. The number of carbonyl (C=O) groups is 1. The fourth-order valence-corrected chi connectivity index (χ4v) is 4.34. The molecule has 3 aromatic rings. The molecule has 2 aromatic heterocycles. The van der Waals surface area contributed by atoms with Gasteiger partial charge in [0.05, 0.1) is 5.69 Å². The number of amides is 1. The van der Waals surface area contributed by atoms with Crippen LogP contribution in [0.3, 0.4) is 0 Å². The van der Waals surface area contributed by atoms with Gasteiger partial charge in [0.25, 0.3) is 5.91 Å². The Morgan fingerprint density at radius 2 is 1.88 bits per heavy atom. The Labute approximate surface area is 202 Å². The van der Waals surface area contributed by atoms with Crippen LogP contribution in [0, 0.1) is 13.8 Å². The molecule has 0 aliphatic carbocycles. The first-order chi connectivity index (χ1) is 16.3. The molecule has 4 rings (SSSR count). The van der Waals surface area contributed by atoms with Crippen molar-refractivity contribution in [2.75, 3.05) is 26.2 Å². The van der Waals surface area contributed by atoms with Gasteiger partial charge in [0.1, 0.15) is 18.1 Å². The van der Waals surface area contributed by atoms with Crippen LogP contribution in [0.4, 0.5) is 0 Å². The number of aromatic nitrogens is 2. The van der Waals surface area contributed by atoms with Gasteiger partial charge in [-0.1, -0.05) is 26.0 Å². The molecule has 0 spiro atoms. The van der Waals surface area contributed by atoms with Crippen LogP contribution in [0.2, 0.25) is 0 Å². The Morgan fingerprint density at radius 1 is 1.12 bits per heavy atom. The van der Waals surface area contributed by atoms with Crippen molar-refractivity contribution in [1.29, 1.82) is 0 Å². The van der Waals surface area contributed by atoms with Crippen molar-refractivity contribution in [1.82, 2.24) is 19.6 Å². The average Bonchev–Trinajstić information content (AvgIpc) is 3.44. The topological polar surface area (TPSA) is 63.7 Å². The average molecular weight is 465 g/mol. The van der Waals surface area contributed by atoms with E-state index < -0.39 is 0 Å². The molecule has 1 aromatic carbocycles. The lowest BCUT2D eigenvalue weighted by Crippen LogP contribution is -2.48. The van der Waals surface area contributed by atoms with Gasteiger partial charge in [0, 0.05) is 51.0 Å². The summed E-state index contributed by atoms with van der Waals surface area (Å²) in [6, 6.07) is 9.87. The molecule has 0 saturated carbocycles. The number of furan rings is 1. The maximum atomic E-state index is 13.0. The van der Waals surface area contributed by atoms with Crippen LogP contribution in [0.1, 0.15) is 65.4 Å². The highest BCUT2D eigenvalue weighted by Gasteiger charge is 2.25. The van der Waals surface area contributed by atoms with E-state index in [1.807, 2.05) is 15.6 Å². The van der Waals surface area contributed by atoms with Crippen LogP contribution in [-0.2, 0) is 19.7 Å². The second kappa shape index (κ2) is 10.5. The molecule has 1 aliphatic heterocycles. The third-order valence-corrected chi connectivity index (χ3v) is 6.46. The van der Waals surface area contributed by atoms with E-state index in [-0.39, 0.29) is 5.91 Å². The molecule has 0 N–H and O–H groups in total. The first-order valence-electron chi connectivity index (χ1n) is 12.2. The number of hydrogen-bond acceptors (Lipinski definition) is 5. The summed E-state index contributed by atoms with van der Waals surface area (Å²) >= 11 is 0. The first kappa shape index (κ1) is 24.1. The first-order valence-corrected chi connectivity index (χ1v) is 12.2. The van der Waals surface area contributed by atoms with Gasteiger partial charge in [0.15, 0.2) is 5.76 Å². The summed E-state index contributed by atoms with van der Waals surface area (Å²) in [6.07, 6.45) is 2.13. The summed E-state index contributed by atoms with van der Waals surface area (Å²) in [6.45, 7) is 15.6. The van der Waals surface area contributed by atoms with Gasteiger partial charge in [-0.15, -0.1) is 0 Å². The summed E-state index contributed by atoms with van der Waals surface area (Å²) in [5.74, 6) is 2.21. The number of piperazine rings is 1. The minimum absolute atomic E-state index is 0.0562. The molecule has 0 radical (unpaired) electrons. The molecule has 7 nitrogen and oxygen atoms in total. The van der Waals surface area contributed by atoms with Crippen LogP contribution in [0.25, 0.3) is 0 Å².